The number of aromatic nitrogens is 1. The van der Waals surface area contributed by atoms with Gasteiger partial charge in [-0.25, -0.2) is 0 Å². The van der Waals surface area contributed by atoms with E-state index >= 15 is 0 Å². The van der Waals surface area contributed by atoms with Crippen molar-refractivity contribution >= 4 is 34.9 Å². The lowest BCUT2D eigenvalue weighted by Gasteiger charge is -2.04. The van der Waals surface area contributed by atoms with Crippen molar-refractivity contribution in [1.82, 2.24) is 4.57 Å². The molecule has 0 fully saturated rings. The molecule has 6 heteroatoms. The minimum Gasteiger partial charge on any atom is -0.467 e. The molecule has 0 atom stereocenters. The van der Waals surface area contributed by atoms with Crippen molar-refractivity contribution in [1.29, 1.82) is 0 Å². The number of hydrogen-bond acceptors (Lipinski definition) is 5. The van der Waals surface area contributed by atoms with Crippen LogP contribution in [0.25, 0.3) is 9.75 Å². The standard InChI is InChI=1S/C13H9NO2S3/c15-12-7-11(10-4-2-6-18-10)19-13(17)14(12)8-9-3-1-5-16-9/h1-7H,8H2. The molecule has 0 radical (unpaired) electrons. The Balaban J connectivity index is 2.04. The molecular weight excluding hydrogens is 298 g/mol. The molecule has 0 amide bonds. The zero-order valence-corrected chi connectivity index (χ0v) is 12.2. The smallest absolute Gasteiger partial charge is 0.254 e. The fourth-order valence-corrected chi connectivity index (χ4v) is 3.81. The highest BCUT2D eigenvalue weighted by Crippen LogP contribution is 2.27. The predicted molar refractivity (Wildman–Crippen MR) is 80.5 cm³/mol. The molecule has 3 nitrogen and oxygen atoms in total. The average Bonchev–Trinajstić information content (AvgIpc) is 3.06. The van der Waals surface area contributed by atoms with E-state index in [4.69, 9.17) is 16.6 Å². The summed E-state index contributed by atoms with van der Waals surface area (Å²) in [5, 5.41) is 1.99. The van der Waals surface area contributed by atoms with Gasteiger partial charge < -0.3 is 4.42 Å². The van der Waals surface area contributed by atoms with Crippen molar-refractivity contribution in [2.24, 2.45) is 0 Å². The third kappa shape index (κ3) is 2.60. The zero-order chi connectivity index (χ0) is 13.2. The molecule has 0 aromatic carbocycles. The fourth-order valence-electron chi connectivity index (χ4n) is 1.70. The average molecular weight is 307 g/mol. The number of furan rings is 1. The van der Waals surface area contributed by atoms with Crippen molar-refractivity contribution in [3.05, 3.63) is 62.0 Å². The topological polar surface area (TPSA) is 35.1 Å². The van der Waals surface area contributed by atoms with Gasteiger partial charge in [0.25, 0.3) is 5.56 Å². The van der Waals surface area contributed by atoms with Crippen LogP contribution in [0.2, 0.25) is 0 Å². The van der Waals surface area contributed by atoms with Gasteiger partial charge in [0.15, 0.2) is 3.95 Å². The minimum atomic E-state index is -0.0939. The maximum atomic E-state index is 12.1. The molecule has 96 valence electrons. The van der Waals surface area contributed by atoms with Gasteiger partial charge in [-0.3, -0.25) is 9.36 Å². The van der Waals surface area contributed by atoms with E-state index in [9.17, 15) is 4.79 Å². The number of nitrogens with zero attached hydrogens (tertiary/aromatic N) is 1. The van der Waals surface area contributed by atoms with E-state index in [1.54, 1.807) is 34.3 Å². The summed E-state index contributed by atoms with van der Waals surface area (Å²) in [6.45, 7) is 0.381. The van der Waals surface area contributed by atoms with Gasteiger partial charge in [0.1, 0.15) is 5.76 Å². The maximum Gasteiger partial charge on any atom is 0.254 e. The van der Waals surface area contributed by atoms with E-state index in [0.717, 1.165) is 15.5 Å². The third-order valence-electron chi connectivity index (χ3n) is 2.60. The largest absolute Gasteiger partial charge is 0.467 e. The van der Waals surface area contributed by atoms with Gasteiger partial charge in [0, 0.05) is 10.9 Å². The van der Waals surface area contributed by atoms with E-state index < -0.39 is 0 Å². The van der Waals surface area contributed by atoms with Crippen LogP contribution < -0.4 is 5.56 Å². The Morgan fingerprint density at radius 2 is 2.16 bits per heavy atom. The summed E-state index contributed by atoms with van der Waals surface area (Å²) >= 11 is 8.36. The second kappa shape index (κ2) is 5.24. The summed E-state index contributed by atoms with van der Waals surface area (Å²) in [6, 6.07) is 9.22. The summed E-state index contributed by atoms with van der Waals surface area (Å²) in [5.74, 6) is 0.726. The van der Waals surface area contributed by atoms with Gasteiger partial charge in [-0.05, 0) is 35.8 Å². The quantitative estimate of drug-likeness (QED) is 0.686. The minimum absolute atomic E-state index is 0.0939. The molecule has 3 rings (SSSR count). The lowest BCUT2D eigenvalue weighted by atomic mass is 10.4. The molecule has 0 N–H and O–H groups in total. The van der Waals surface area contributed by atoms with Crippen LogP contribution in [0, 0.1) is 3.95 Å². The normalized spacial score (nSPS) is 10.7. The molecule has 0 aliphatic heterocycles. The Kier molecular flexibility index (Phi) is 3.46. The van der Waals surface area contributed by atoms with Crippen LogP contribution in [0.1, 0.15) is 5.76 Å². The SMILES string of the molecule is O=c1cc(-c2cccs2)sc(=S)n1Cc1ccco1. The Hall–Kier alpha value is -1.50. The van der Waals surface area contributed by atoms with Gasteiger partial charge in [-0.15, -0.1) is 22.7 Å². The van der Waals surface area contributed by atoms with Crippen LogP contribution in [0.15, 0.2) is 51.2 Å². The van der Waals surface area contributed by atoms with Crippen molar-refractivity contribution in [2.75, 3.05) is 0 Å². The highest BCUT2D eigenvalue weighted by molar-refractivity contribution is 7.73. The number of hydrogen-bond donors (Lipinski definition) is 0. The first-order valence-electron chi connectivity index (χ1n) is 5.55. The van der Waals surface area contributed by atoms with Crippen LogP contribution in [-0.2, 0) is 6.54 Å². The van der Waals surface area contributed by atoms with E-state index in [0.29, 0.717) is 10.5 Å². The van der Waals surface area contributed by atoms with Crippen molar-refractivity contribution < 1.29 is 4.42 Å². The van der Waals surface area contributed by atoms with E-state index in [1.165, 1.54) is 11.3 Å². The van der Waals surface area contributed by atoms with Crippen molar-refractivity contribution in [2.45, 2.75) is 6.54 Å². The van der Waals surface area contributed by atoms with Crippen LogP contribution in [0.4, 0.5) is 0 Å². The molecular formula is C13H9NO2S3. The molecule has 0 spiro atoms. The first-order valence-corrected chi connectivity index (χ1v) is 7.66. The van der Waals surface area contributed by atoms with E-state index in [1.807, 2.05) is 23.6 Å². The molecule has 3 aromatic heterocycles. The Labute approximate surface area is 122 Å². The molecule has 0 bridgehead atoms. The third-order valence-corrected chi connectivity index (χ3v) is 5.05. The molecule has 0 saturated carbocycles. The van der Waals surface area contributed by atoms with Gasteiger partial charge >= 0.3 is 0 Å². The maximum absolute atomic E-state index is 12.1. The first-order chi connectivity index (χ1) is 9.24. The molecule has 0 unspecified atom stereocenters. The second-order valence-electron chi connectivity index (χ2n) is 3.86. The molecule has 0 aliphatic rings. The van der Waals surface area contributed by atoms with Gasteiger partial charge in [0.05, 0.1) is 17.7 Å². The van der Waals surface area contributed by atoms with Crippen LogP contribution >= 0.6 is 34.9 Å². The number of rotatable bonds is 3. The second-order valence-corrected chi connectivity index (χ2v) is 6.48. The van der Waals surface area contributed by atoms with Gasteiger partial charge in [0.2, 0.25) is 0 Å². The van der Waals surface area contributed by atoms with Crippen LogP contribution in [0.3, 0.4) is 0 Å². The van der Waals surface area contributed by atoms with E-state index in [-0.39, 0.29) is 5.56 Å². The Morgan fingerprint density at radius 1 is 1.26 bits per heavy atom. The fraction of sp³-hybridized carbons (Fsp3) is 0.0769. The first kappa shape index (κ1) is 12.5. The summed E-state index contributed by atoms with van der Waals surface area (Å²) < 4.78 is 7.36. The molecule has 19 heavy (non-hydrogen) atoms. The summed E-state index contributed by atoms with van der Waals surface area (Å²) in [4.78, 5) is 14.1. The zero-order valence-electron chi connectivity index (χ0n) is 9.74. The van der Waals surface area contributed by atoms with E-state index in [2.05, 4.69) is 0 Å². The Bertz CT molecular complexity index is 751. The van der Waals surface area contributed by atoms with Crippen molar-refractivity contribution in [3.8, 4) is 9.75 Å². The van der Waals surface area contributed by atoms with Crippen LogP contribution in [-0.4, -0.2) is 4.57 Å². The molecule has 3 heterocycles. The van der Waals surface area contributed by atoms with Gasteiger partial charge in [-0.2, -0.15) is 0 Å². The molecule has 3 aromatic rings. The highest BCUT2D eigenvalue weighted by Gasteiger charge is 2.07. The summed E-state index contributed by atoms with van der Waals surface area (Å²) in [7, 11) is 0. The predicted octanol–water partition coefficient (Wildman–Crippen LogP) is 4.01. The monoisotopic (exact) mass is 307 g/mol. The lowest BCUT2D eigenvalue weighted by molar-refractivity contribution is 0.490. The lowest BCUT2D eigenvalue weighted by Crippen LogP contribution is -2.19. The number of thiophene rings is 1. The van der Waals surface area contributed by atoms with Gasteiger partial charge in [-0.1, -0.05) is 6.07 Å². The Morgan fingerprint density at radius 3 is 2.79 bits per heavy atom. The van der Waals surface area contributed by atoms with Crippen LogP contribution in [0.5, 0.6) is 0 Å². The highest BCUT2D eigenvalue weighted by atomic mass is 32.1. The summed E-state index contributed by atoms with van der Waals surface area (Å²) in [5.41, 5.74) is -0.0939. The van der Waals surface area contributed by atoms with Crippen molar-refractivity contribution in [3.63, 3.8) is 0 Å². The molecule has 0 aliphatic carbocycles. The summed E-state index contributed by atoms with van der Waals surface area (Å²) in [6.07, 6.45) is 1.59. The molecule has 0 saturated heterocycles.